The number of amides is 1. The van der Waals surface area contributed by atoms with Crippen molar-refractivity contribution in [2.75, 3.05) is 97.5 Å². The summed E-state index contributed by atoms with van der Waals surface area (Å²) in [7, 11) is 1.69. The second kappa shape index (κ2) is 18.8. The minimum absolute atomic E-state index is 0.00375. The van der Waals surface area contributed by atoms with Crippen molar-refractivity contribution in [2.45, 2.75) is 13.0 Å². The van der Waals surface area contributed by atoms with E-state index in [4.69, 9.17) is 24.1 Å². The van der Waals surface area contributed by atoms with E-state index in [9.17, 15) is 14.4 Å². The molecule has 13 nitrogen and oxygen atoms in total. The van der Waals surface area contributed by atoms with Gasteiger partial charge in [-0.3, -0.25) is 19.3 Å². The third-order valence-corrected chi connectivity index (χ3v) is 6.56. The molecule has 1 fully saturated rings. The fourth-order valence-corrected chi connectivity index (χ4v) is 4.23. The monoisotopic (exact) mass is 587 g/mol. The molecular formula is C29H41N5O8. The molecule has 13 heteroatoms. The zero-order valence-corrected chi connectivity index (χ0v) is 24.2. The fraction of sp³-hybridized carbons (Fsp3) is 0.552. The van der Waals surface area contributed by atoms with E-state index in [1.165, 1.54) is 0 Å². The van der Waals surface area contributed by atoms with Gasteiger partial charge in [0, 0.05) is 69.8 Å². The van der Waals surface area contributed by atoms with Gasteiger partial charge in [-0.15, -0.1) is 0 Å². The zero-order chi connectivity index (χ0) is 30.0. The van der Waals surface area contributed by atoms with E-state index in [0.29, 0.717) is 76.2 Å². The highest BCUT2D eigenvalue weighted by Gasteiger charge is 2.20. The first-order valence-corrected chi connectivity index (χ1v) is 14.1. The topological polar surface area (TPSA) is 144 Å². The molecule has 0 unspecified atom stereocenters. The Morgan fingerprint density at radius 1 is 0.881 bits per heavy atom. The van der Waals surface area contributed by atoms with Crippen LogP contribution >= 0.6 is 0 Å². The molecule has 230 valence electrons. The lowest BCUT2D eigenvalue weighted by atomic mass is 10.1. The molecule has 1 aliphatic heterocycles. The summed E-state index contributed by atoms with van der Waals surface area (Å²) in [5.41, 5.74) is 1.56. The van der Waals surface area contributed by atoms with Gasteiger partial charge in [0.15, 0.2) is 6.29 Å². The number of carbonyl (C=O) groups is 3. The van der Waals surface area contributed by atoms with E-state index in [1.54, 1.807) is 48.6 Å². The van der Waals surface area contributed by atoms with Crippen molar-refractivity contribution in [2.24, 2.45) is 0 Å². The van der Waals surface area contributed by atoms with Crippen LogP contribution in [0.5, 0.6) is 0 Å². The van der Waals surface area contributed by atoms with Crippen LogP contribution in [0.3, 0.4) is 0 Å². The van der Waals surface area contributed by atoms with Crippen molar-refractivity contribution in [3.63, 3.8) is 0 Å². The number of aldehydes is 1. The molecule has 1 N–H and O–H groups in total. The van der Waals surface area contributed by atoms with Gasteiger partial charge in [0.2, 0.25) is 5.95 Å². The van der Waals surface area contributed by atoms with Crippen LogP contribution in [-0.4, -0.2) is 136 Å². The number of ether oxygens (including phenoxy) is 4. The maximum absolute atomic E-state index is 12.8. The number of benzene rings is 1. The van der Waals surface area contributed by atoms with Gasteiger partial charge in [-0.2, -0.15) is 0 Å². The van der Waals surface area contributed by atoms with Gasteiger partial charge >= 0.3 is 5.97 Å². The first-order valence-electron chi connectivity index (χ1n) is 14.1. The number of aliphatic carboxylic acids is 1. The summed E-state index contributed by atoms with van der Waals surface area (Å²) in [5.74, 6) is -0.433. The lowest BCUT2D eigenvalue weighted by Crippen LogP contribution is -2.48. The fourth-order valence-electron chi connectivity index (χ4n) is 4.23. The first kappa shape index (κ1) is 33.0. The van der Waals surface area contributed by atoms with Crippen LogP contribution in [0, 0.1) is 0 Å². The lowest BCUT2D eigenvalue weighted by Gasteiger charge is -2.34. The van der Waals surface area contributed by atoms with Crippen LogP contribution in [-0.2, 0) is 30.3 Å². The number of carboxylic acids is 1. The summed E-state index contributed by atoms with van der Waals surface area (Å²) >= 11 is 0. The number of nitrogens with zero attached hydrogens (tertiary/aromatic N) is 5. The standard InChI is InChI=1S/C29H41N5O8/c1-32(28(38)26-5-3-2-4-25(26)23-35)22-24-20-30-29(31-21-24)34-9-7-33(8-10-34)11-13-40-15-17-42-19-18-41-16-14-39-12-6-27(36)37/h2-5,20-21,23H,6-19,22H2,1H3,(H,36,37). The number of hydrogen-bond donors (Lipinski definition) is 1. The van der Waals surface area contributed by atoms with E-state index in [-0.39, 0.29) is 18.9 Å². The van der Waals surface area contributed by atoms with Crippen molar-refractivity contribution in [3.8, 4) is 0 Å². The van der Waals surface area contributed by atoms with Gasteiger partial charge in [0.1, 0.15) is 0 Å². The number of aromatic nitrogens is 2. The normalized spacial score (nSPS) is 13.7. The maximum Gasteiger partial charge on any atom is 0.305 e. The van der Waals surface area contributed by atoms with Crippen molar-refractivity contribution < 1.29 is 38.4 Å². The Balaban J connectivity index is 1.22. The van der Waals surface area contributed by atoms with E-state index in [2.05, 4.69) is 19.8 Å². The van der Waals surface area contributed by atoms with E-state index < -0.39 is 5.97 Å². The number of anilines is 1. The van der Waals surface area contributed by atoms with Gasteiger partial charge in [-0.1, -0.05) is 18.2 Å². The molecule has 0 aliphatic carbocycles. The first-order chi connectivity index (χ1) is 20.5. The summed E-state index contributed by atoms with van der Waals surface area (Å²) in [6.45, 7) is 8.10. The molecule has 2 heterocycles. The second-order valence-corrected chi connectivity index (χ2v) is 9.68. The van der Waals surface area contributed by atoms with Crippen molar-refractivity contribution >= 4 is 24.1 Å². The molecule has 1 saturated heterocycles. The third-order valence-electron chi connectivity index (χ3n) is 6.56. The summed E-state index contributed by atoms with van der Waals surface area (Å²) in [4.78, 5) is 49.5. The lowest BCUT2D eigenvalue weighted by molar-refractivity contribution is -0.138. The quantitative estimate of drug-likeness (QED) is 0.176. The van der Waals surface area contributed by atoms with Crippen molar-refractivity contribution in [1.29, 1.82) is 0 Å². The molecule has 1 aliphatic rings. The van der Waals surface area contributed by atoms with Crippen LogP contribution in [0.1, 0.15) is 32.7 Å². The molecule has 42 heavy (non-hydrogen) atoms. The number of piperazine rings is 1. The Morgan fingerprint density at radius 2 is 1.45 bits per heavy atom. The maximum atomic E-state index is 12.8. The van der Waals surface area contributed by atoms with Crippen LogP contribution in [0.2, 0.25) is 0 Å². The molecule has 2 aromatic rings. The van der Waals surface area contributed by atoms with Gasteiger partial charge in [0.05, 0.1) is 64.8 Å². The van der Waals surface area contributed by atoms with Crippen molar-refractivity contribution in [1.82, 2.24) is 19.8 Å². The minimum Gasteiger partial charge on any atom is -0.481 e. The minimum atomic E-state index is -0.874. The van der Waals surface area contributed by atoms with E-state index in [1.807, 2.05) is 0 Å². The highest BCUT2D eigenvalue weighted by atomic mass is 16.6. The molecule has 1 amide bonds. The SMILES string of the molecule is CN(Cc1cnc(N2CCN(CCOCCOCCOCCOCCC(=O)O)CC2)nc1)C(=O)c1ccccc1C=O. The molecular weight excluding hydrogens is 546 g/mol. The van der Waals surface area contributed by atoms with Crippen molar-refractivity contribution in [3.05, 3.63) is 53.3 Å². The smallest absolute Gasteiger partial charge is 0.305 e. The average molecular weight is 588 g/mol. The number of carboxylic acid groups (broad SMARTS) is 1. The van der Waals surface area contributed by atoms with Crippen LogP contribution < -0.4 is 4.90 Å². The van der Waals surface area contributed by atoms with Gasteiger partial charge < -0.3 is 33.9 Å². The molecule has 0 bridgehead atoms. The molecule has 0 saturated carbocycles. The van der Waals surface area contributed by atoms with Gasteiger partial charge in [0.25, 0.3) is 5.91 Å². The van der Waals surface area contributed by atoms with Gasteiger partial charge in [-0.05, 0) is 6.07 Å². The molecule has 0 spiro atoms. The number of rotatable bonds is 20. The molecule has 0 atom stereocenters. The van der Waals surface area contributed by atoms with Crippen LogP contribution in [0.25, 0.3) is 0 Å². The van der Waals surface area contributed by atoms with Crippen LogP contribution in [0.4, 0.5) is 5.95 Å². The number of hydrogen-bond acceptors (Lipinski definition) is 11. The molecule has 1 aromatic carbocycles. The van der Waals surface area contributed by atoms with E-state index >= 15 is 0 Å². The Morgan fingerprint density at radius 3 is 2.05 bits per heavy atom. The molecule has 3 rings (SSSR count). The highest BCUT2D eigenvalue weighted by Crippen LogP contribution is 2.14. The largest absolute Gasteiger partial charge is 0.481 e. The number of carbonyl (C=O) groups excluding carboxylic acids is 2. The Bertz CT molecular complexity index is 1100. The Labute approximate surface area is 246 Å². The Kier molecular flexibility index (Phi) is 14.8. The predicted octanol–water partition coefficient (Wildman–Crippen LogP) is 1.22. The summed E-state index contributed by atoms with van der Waals surface area (Å²) in [6.07, 6.45) is 4.17. The second-order valence-electron chi connectivity index (χ2n) is 9.68. The third kappa shape index (κ3) is 11.8. The molecule has 0 radical (unpaired) electrons. The summed E-state index contributed by atoms with van der Waals surface area (Å²) in [5, 5.41) is 8.52. The van der Waals surface area contributed by atoms with E-state index in [0.717, 1.165) is 38.3 Å². The van der Waals surface area contributed by atoms with Crippen LogP contribution in [0.15, 0.2) is 36.7 Å². The summed E-state index contributed by atoms with van der Waals surface area (Å²) in [6, 6.07) is 6.75. The molecule has 1 aromatic heterocycles. The predicted molar refractivity (Wildman–Crippen MR) is 154 cm³/mol. The average Bonchev–Trinajstić information content (AvgIpc) is 3.01. The Hall–Kier alpha value is -3.49. The van der Waals surface area contributed by atoms with Gasteiger partial charge in [-0.25, -0.2) is 9.97 Å². The summed E-state index contributed by atoms with van der Waals surface area (Å²) < 4.78 is 21.7. The highest BCUT2D eigenvalue weighted by molar-refractivity contribution is 6.01. The zero-order valence-electron chi connectivity index (χ0n) is 24.2.